The number of pyridine rings is 1. The van der Waals surface area contributed by atoms with Gasteiger partial charge in [-0.1, -0.05) is 0 Å². The van der Waals surface area contributed by atoms with Crippen LogP contribution in [-0.4, -0.2) is 26.0 Å². The molecule has 0 aromatic carbocycles. The van der Waals surface area contributed by atoms with Gasteiger partial charge in [0.25, 0.3) is 11.4 Å². The minimum absolute atomic E-state index is 0.143. The number of aromatic nitrogens is 1. The Kier molecular flexibility index (Phi) is 3.53. The van der Waals surface area contributed by atoms with Crippen molar-refractivity contribution < 1.29 is 19.3 Å². The topological polar surface area (TPSA) is 139 Å². The predicted octanol–water partition coefficient (Wildman–Crippen LogP) is 0.485. The second-order valence-corrected chi connectivity index (χ2v) is 4.94. The van der Waals surface area contributed by atoms with Gasteiger partial charge >= 0.3 is 5.66 Å². The molecule has 0 unspecified atom stereocenters. The quantitative estimate of drug-likeness (QED) is 0.261. The molecule has 0 N–H and O–H groups in total. The van der Waals surface area contributed by atoms with Crippen molar-refractivity contribution in [3.63, 3.8) is 0 Å². The van der Waals surface area contributed by atoms with Crippen LogP contribution in [0.15, 0.2) is 30.0 Å². The fourth-order valence-corrected chi connectivity index (χ4v) is 2.29. The number of rotatable bonds is 3. The minimum atomic E-state index is -2.66. The van der Waals surface area contributed by atoms with Crippen LogP contribution in [0.25, 0.3) is 0 Å². The smallest absolute Gasteiger partial charge is 0.494 e. The van der Waals surface area contributed by atoms with Gasteiger partial charge in [0.2, 0.25) is 5.70 Å². The summed E-state index contributed by atoms with van der Waals surface area (Å²) in [5.41, 5.74) is -3.06. The fourth-order valence-electron chi connectivity index (χ4n) is 2.29. The lowest BCUT2D eigenvalue weighted by Crippen LogP contribution is -2.52. The summed E-state index contributed by atoms with van der Waals surface area (Å²) in [6, 6.07) is 4.28. The first-order valence-electron chi connectivity index (χ1n) is 6.22. The van der Waals surface area contributed by atoms with Crippen molar-refractivity contribution in [3.8, 4) is 0 Å². The molecule has 2 heterocycles. The molecular formula is C12H12N4O6. The average molecular weight is 308 g/mol. The molecule has 0 bridgehead atoms. The van der Waals surface area contributed by atoms with E-state index < -0.39 is 21.9 Å². The number of hydrogen-bond acceptors (Lipinski definition) is 6. The summed E-state index contributed by atoms with van der Waals surface area (Å²) in [6.45, 7) is 2.71. The summed E-state index contributed by atoms with van der Waals surface area (Å²) >= 11 is 0. The van der Waals surface area contributed by atoms with Gasteiger partial charge in [-0.2, -0.15) is 9.47 Å². The molecular weight excluding hydrogens is 296 g/mol. The normalized spacial score (nSPS) is 17.1. The van der Waals surface area contributed by atoms with Crippen LogP contribution < -0.4 is 4.73 Å². The molecule has 1 aliphatic heterocycles. The summed E-state index contributed by atoms with van der Waals surface area (Å²) < 4.78 is 0.734. The highest BCUT2D eigenvalue weighted by Gasteiger charge is 2.61. The van der Waals surface area contributed by atoms with Crippen LogP contribution in [0.3, 0.4) is 0 Å². The van der Waals surface area contributed by atoms with Crippen LogP contribution in [0.1, 0.15) is 24.7 Å². The zero-order valence-corrected chi connectivity index (χ0v) is 11.8. The van der Waals surface area contributed by atoms with Crippen LogP contribution in [0.4, 0.5) is 0 Å². The maximum Gasteiger partial charge on any atom is 0.494 e. The molecule has 2 rings (SSSR count). The first-order chi connectivity index (χ1) is 10.2. The predicted molar refractivity (Wildman–Crippen MR) is 73.0 cm³/mol. The lowest BCUT2D eigenvalue weighted by Gasteiger charge is -2.20. The highest BCUT2D eigenvalue weighted by molar-refractivity contribution is 5.95. The highest BCUT2D eigenvalue weighted by atomic mass is 16.7. The molecule has 0 aliphatic carbocycles. The van der Waals surface area contributed by atoms with Gasteiger partial charge in [0, 0.05) is 26.0 Å². The monoisotopic (exact) mass is 308 g/mol. The van der Waals surface area contributed by atoms with E-state index in [-0.39, 0.29) is 22.8 Å². The van der Waals surface area contributed by atoms with Crippen LogP contribution in [0.5, 0.6) is 0 Å². The third-order valence-electron chi connectivity index (χ3n) is 3.49. The number of aryl methyl sites for hydroxylation is 1. The Morgan fingerprint density at radius 2 is 1.73 bits per heavy atom. The van der Waals surface area contributed by atoms with Crippen LogP contribution in [-0.2, 0) is 0 Å². The third kappa shape index (κ3) is 2.14. The van der Waals surface area contributed by atoms with Crippen molar-refractivity contribution >= 4 is 5.71 Å². The molecule has 0 fully saturated rings. The molecule has 1 aromatic heterocycles. The SMILES string of the molecule is CC1=CC([N+](=O)[O-])([N+](=O)[O-])CC(c2cccc(C)[n+]2[O-])=[N+]1[O-]. The number of allylic oxidation sites excluding steroid dienone is 1. The van der Waals surface area contributed by atoms with E-state index in [2.05, 4.69) is 0 Å². The van der Waals surface area contributed by atoms with E-state index in [1.54, 1.807) is 0 Å². The summed E-state index contributed by atoms with van der Waals surface area (Å²) in [7, 11) is 0. The van der Waals surface area contributed by atoms with Crippen molar-refractivity contribution in [2.24, 2.45) is 0 Å². The fraction of sp³-hybridized carbons (Fsp3) is 0.333. The molecule has 0 radical (unpaired) electrons. The number of hydroxylamine groups is 1. The highest BCUT2D eigenvalue weighted by Crippen LogP contribution is 2.27. The zero-order valence-electron chi connectivity index (χ0n) is 11.8. The molecule has 1 aromatic rings. The molecule has 10 heteroatoms. The standard InChI is InChI=1S/C12H12N4O6/c1-8-4-3-5-10(13(8)17)11-7-12(15(19)20,16(21)22)6-9(2)14(11)18/h3-6H,7H2,1-2H3. The van der Waals surface area contributed by atoms with Gasteiger partial charge in [0.15, 0.2) is 12.1 Å². The lowest BCUT2D eigenvalue weighted by molar-refractivity contribution is -0.781. The van der Waals surface area contributed by atoms with Gasteiger partial charge in [0.1, 0.15) is 15.9 Å². The van der Waals surface area contributed by atoms with Crippen molar-refractivity contribution in [1.29, 1.82) is 0 Å². The molecule has 0 atom stereocenters. The van der Waals surface area contributed by atoms with Gasteiger partial charge in [0.05, 0.1) is 0 Å². The Labute approximate surface area is 124 Å². The maximum atomic E-state index is 12.1. The van der Waals surface area contributed by atoms with Crippen molar-refractivity contribution in [1.82, 2.24) is 0 Å². The molecule has 22 heavy (non-hydrogen) atoms. The molecule has 10 nitrogen and oxygen atoms in total. The van der Waals surface area contributed by atoms with Crippen molar-refractivity contribution in [3.05, 3.63) is 72.0 Å². The van der Waals surface area contributed by atoms with E-state index in [1.165, 1.54) is 32.0 Å². The van der Waals surface area contributed by atoms with E-state index in [9.17, 15) is 30.6 Å². The van der Waals surface area contributed by atoms with Gasteiger partial charge in [-0.15, -0.1) is 0 Å². The summed E-state index contributed by atoms with van der Waals surface area (Å²) in [6.07, 6.45) is -0.103. The van der Waals surface area contributed by atoms with Crippen LogP contribution >= 0.6 is 0 Å². The van der Waals surface area contributed by atoms with Gasteiger partial charge in [-0.3, -0.25) is 20.2 Å². The van der Waals surface area contributed by atoms with E-state index >= 15 is 0 Å². The summed E-state index contributed by atoms with van der Waals surface area (Å²) in [5, 5.41) is 46.6. The van der Waals surface area contributed by atoms with Gasteiger partial charge in [-0.05, 0) is 6.07 Å². The van der Waals surface area contributed by atoms with E-state index in [4.69, 9.17) is 0 Å². The van der Waals surface area contributed by atoms with Gasteiger partial charge < -0.3 is 10.4 Å². The van der Waals surface area contributed by atoms with Gasteiger partial charge in [-0.25, -0.2) is 0 Å². The lowest BCUT2D eigenvalue weighted by atomic mass is 9.96. The molecule has 0 spiro atoms. The van der Waals surface area contributed by atoms with Crippen molar-refractivity contribution in [2.45, 2.75) is 25.9 Å². The number of nitrogens with zero attached hydrogens (tertiary/aromatic N) is 4. The van der Waals surface area contributed by atoms with E-state index in [0.717, 1.165) is 0 Å². The molecule has 1 aliphatic rings. The Balaban J connectivity index is 2.68. The summed E-state index contributed by atoms with van der Waals surface area (Å²) in [5.74, 6) is 0. The summed E-state index contributed by atoms with van der Waals surface area (Å²) in [4.78, 5) is 20.3. The Hall–Kier alpha value is -3.04. The Morgan fingerprint density at radius 3 is 2.27 bits per heavy atom. The van der Waals surface area contributed by atoms with Crippen LogP contribution in [0.2, 0.25) is 0 Å². The minimum Gasteiger partial charge on any atom is -0.618 e. The first-order valence-corrected chi connectivity index (χ1v) is 6.22. The number of hydrogen-bond donors (Lipinski definition) is 0. The van der Waals surface area contributed by atoms with Crippen LogP contribution in [0, 0.1) is 37.6 Å². The average Bonchev–Trinajstić information content (AvgIpc) is 2.44. The molecule has 0 amide bonds. The molecule has 116 valence electrons. The molecule has 0 saturated heterocycles. The number of nitro groups is 2. The zero-order chi connectivity index (χ0) is 16.7. The largest absolute Gasteiger partial charge is 0.618 e. The van der Waals surface area contributed by atoms with E-state index in [0.29, 0.717) is 15.5 Å². The maximum absolute atomic E-state index is 12.1. The first kappa shape index (κ1) is 15.4. The Morgan fingerprint density at radius 1 is 1.14 bits per heavy atom. The third-order valence-corrected chi connectivity index (χ3v) is 3.49. The molecule has 0 saturated carbocycles. The van der Waals surface area contributed by atoms with Crippen molar-refractivity contribution in [2.75, 3.05) is 0 Å². The second-order valence-electron chi connectivity index (χ2n) is 4.94. The Bertz CT molecular complexity index is 725. The second kappa shape index (κ2) is 5.06. The van der Waals surface area contributed by atoms with E-state index in [1.807, 2.05) is 0 Å².